The highest BCUT2D eigenvalue weighted by Crippen LogP contribution is 2.22. The third-order valence-electron chi connectivity index (χ3n) is 6.22. The summed E-state index contributed by atoms with van der Waals surface area (Å²) in [6.07, 6.45) is 4.91. The van der Waals surface area contributed by atoms with Gasteiger partial charge in [0.2, 0.25) is 0 Å². The quantitative estimate of drug-likeness (QED) is 0.495. The third kappa shape index (κ3) is 4.49. The van der Waals surface area contributed by atoms with Crippen molar-refractivity contribution in [3.05, 3.63) is 88.2 Å². The van der Waals surface area contributed by atoms with Crippen LogP contribution in [0.4, 0.5) is 4.39 Å². The Bertz CT molecular complexity index is 1420. The van der Waals surface area contributed by atoms with Gasteiger partial charge in [-0.3, -0.25) is 14.3 Å². The Balaban J connectivity index is 1.40. The largest absolute Gasteiger partial charge is 0.381 e. The van der Waals surface area contributed by atoms with E-state index < -0.39 is 5.82 Å². The lowest BCUT2D eigenvalue weighted by molar-refractivity contribution is 0.0696. The lowest BCUT2D eigenvalue weighted by Gasteiger charge is -2.23. The summed E-state index contributed by atoms with van der Waals surface area (Å²) in [5, 5.41) is 8.53. The minimum atomic E-state index is -0.510. The number of carbonyl (C=O) groups excluding carboxylic acids is 1. The number of hydrogen-bond acceptors (Lipinski definition) is 4. The van der Waals surface area contributed by atoms with E-state index in [0.29, 0.717) is 24.2 Å². The number of rotatable bonds is 5. The van der Waals surface area contributed by atoms with Gasteiger partial charge in [-0.25, -0.2) is 4.39 Å². The van der Waals surface area contributed by atoms with Crippen LogP contribution >= 0.6 is 0 Å². The van der Waals surface area contributed by atoms with Gasteiger partial charge in [0.1, 0.15) is 5.82 Å². The summed E-state index contributed by atoms with van der Waals surface area (Å²) >= 11 is 0. The summed E-state index contributed by atoms with van der Waals surface area (Å²) in [4.78, 5) is 25.8. The standard InChI is InChI=1S/C26H25FN4O3/c1-30-24(4-8-28-30)19-2-3-23-18(14-19)5-9-31(26(23)33)16-17-12-20(15-21(27)13-17)25(32)29-22-6-10-34-11-7-22/h2-5,8-9,12-15,22H,6-7,10-11,16H2,1H3,(H,29,32). The summed E-state index contributed by atoms with van der Waals surface area (Å²) in [6.45, 7) is 1.37. The van der Waals surface area contributed by atoms with Gasteiger partial charge in [0.05, 0.1) is 12.2 Å². The van der Waals surface area contributed by atoms with Crippen molar-refractivity contribution in [3.8, 4) is 11.3 Å². The summed E-state index contributed by atoms with van der Waals surface area (Å²) in [6, 6.07) is 13.7. The molecule has 0 aliphatic carbocycles. The van der Waals surface area contributed by atoms with Crippen LogP contribution in [0, 0.1) is 5.82 Å². The maximum absolute atomic E-state index is 14.3. The summed E-state index contributed by atoms with van der Waals surface area (Å²) in [7, 11) is 1.87. The number of aryl methyl sites for hydroxylation is 1. The Labute approximate surface area is 195 Å². The molecule has 0 radical (unpaired) electrons. The van der Waals surface area contributed by atoms with Gasteiger partial charge in [-0.15, -0.1) is 0 Å². The minimum absolute atomic E-state index is 0.0207. The lowest BCUT2D eigenvalue weighted by atomic mass is 10.1. The molecule has 0 atom stereocenters. The molecule has 1 N–H and O–H groups in total. The highest BCUT2D eigenvalue weighted by molar-refractivity contribution is 5.94. The Hall–Kier alpha value is -3.78. The topological polar surface area (TPSA) is 78.2 Å². The molecular weight excluding hydrogens is 435 g/mol. The van der Waals surface area contributed by atoms with Crippen molar-refractivity contribution in [2.24, 2.45) is 7.05 Å². The second-order valence-corrected chi connectivity index (χ2v) is 8.60. The van der Waals surface area contributed by atoms with Crippen molar-refractivity contribution in [1.82, 2.24) is 19.7 Å². The van der Waals surface area contributed by atoms with Crippen LogP contribution in [0.3, 0.4) is 0 Å². The molecule has 0 saturated carbocycles. The monoisotopic (exact) mass is 460 g/mol. The highest BCUT2D eigenvalue weighted by Gasteiger charge is 2.18. The van der Waals surface area contributed by atoms with Crippen LogP contribution in [0.5, 0.6) is 0 Å². The second-order valence-electron chi connectivity index (χ2n) is 8.60. The fraction of sp³-hybridized carbons (Fsp3) is 0.269. The second kappa shape index (κ2) is 9.23. The van der Waals surface area contributed by atoms with Crippen LogP contribution in [0.1, 0.15) is 28.8 Å². The van der Waals surface area contributed by atoms with Gasteiger partial charge in [-0.2, -0.15) is 5.10 Å². The first-order valence-corrected chi connectivity index (χ1v) is 11.3. The van der Waals surface area contributed by atoms with Crippen molar-refractivity contribution in [3.63, 3.8) is 0 Å². The smallest absolute Gasteiger partial charge is 0.258 e. The lowest BCUT2D eigenvalue weighted by Crippen LogP contribution is -2.39. The molecule has 3 heterocycles. The molecule has 2 aromatic heterocycles. The molecule has 2 aromatic carbocycles. The first kappa shape index (κ1) is 22.0. The molecule has 1 saturated heterocycles. The highest BCUT2D eigenvalue weighted by atomic mass is 19.1. The Morgan fingerprint density at radius 1 is 1.15 bits per heavy atom. The number of amides is 1. The Kier molecular flexibility index (Phi) is 5.98. The van der Waals surface area contributed by atoms with Crippen LogP contribution in [-0.2, 0) is 18.3 Å². The van der Waals surface area contributed by atoms with E-state index in [-0.39, 0.29) is 29.6 Å². The Morgan fingerprint density at radius 3 is 2.74 bits per heavy atom. The van der Waals surface area contributed by atoms with E-state index in [1.807, 2.05) is 31.3 Å². The zero-order chi connectivity index (χ0) is 23.7. The molecule has 7 nitrogen and oxygen atoms in total. The molecule has 0 bridgehead atoms. The predicted molar refractivity (Wildman–Crippen MR) is 127 cm³/mol. The number of nitrogens with one attached hydrogen (secondary N) is 1. The van der Waals surface area contributed by atoms with Crippen LogP contribution in [0.25, 0.3) is 22.0 Å². The number of benzene rings is 2. The molecule has 174 valence electrons. The number of carbonyl (C=O) groups is 1. The predicted octanol–water partition coefficient (Wildman–Crippen LogP) is 3.50. The van der Waals surface area contributed by atoms with Crippen LogP contribution in [0.15, 0.2) is 65.7 Å². The summed E-state index contributed by atoms with van der Waals surface area (Å²) in [5.41, 5.74) is 2.54. The van der Waals surface area contributed by atoms with E-state index >= 15 is 0 Å². The first-order chi connectivity index (χ1) is 16.5. The number of fused-ring (bicyclic) bond motifs is 1. The van der Waals surface area contributed by atoms with E-state index in [0.717, 1.165) is 29.5 Å². The van der Waals surface area contributed by atoms with E-state index in [1.54, 1.807) is 29.2 Å². The maximum atomic E-state index is 14.3. The van der Waals surface area contributed by atoms with Gasteiger partial charge in [0.15, 0.2) is 0 Å². The van der Waals surface area contributed by atoms with Gasteiger partial charge in [-0.1, -0.05) is 6.07 Å². The first-order valence-electron chi connectivity index (χ1n) is 11.3. The van der Waals surface area contributed by atoms with Crippen molar-refractivity contribution < 1.29 is 13.9 Å². The maximum Gasteiger partial charge on any atom is 0.258 e. The van der Waals surface area contributed by atoms with Crippen molar-refractivity contribution in [2.45, 2.75) is 25.4 Å². The Morgan fingerprint density at radius 2 is 1.97 bits per heavy atom. The number of halogens is 1. The van der Waals surface area contributed by atoms with Gasteiger partial charge >= 0.3 is 0 Å². The molecule has 34 heavy (non-hydrogen) atoms. The molecule has 1 fully saturated rings. The van der Waals surface area contributed by atoms with Crippen LogP contribution < -0.4 is 10.9 Å². The van der Waals surface area contributed by atoms with Gasteiger partial charge < -0.3 is 14.6 Å². The fourth-order valence-electron chi connectivity index (χ4n) is 4.41. The number of hydrogen-bond donors (Lipinski definition) is 1. The normalized spacial score (nSPS) is 14.4. The van der Waals surface area contributed by atoms with Crippen molar-refractivity contribution in [2.75, 3.05) is 13.2 Å². The minimum Gasteiger partial charge on any atom is -0.381 e. The number of ether oxygens (including phenoxy) is 1. The van der Waals surface area contributed by atoms with Crippen molar-refractivity contribution >= 4 is 16.7 Å². The molecule has 4 aromatic rings. The molecule has 8 heteroatoms. The molecule has 1 aliphatic heterocycles. The van der Waals surface area contributed by atoms with Gasteiger partial charge in [0, 0.05) is 55.2 Å². The molecule has 5 rings (SSSR count). The third-order valence-corrected chi connectivity index (χ3v) is 6.22. The fourth-order valence-corrected chi connectivity index (χ4v) is 4.41. The molecular formula is C26H25FN4O3. The summed E-state index contributed by atoms with van der Waals surface area (Å²) in [5.74, 6) is -0.828. The number of pyridine rings is 1. The number of nitrogens with zero attached hydrogens (tertiary/aromatic N) is 3. The molecule has 1 amide bonds. The molecule has 1 aliphatic rings. The van der Waals surface area contributed by atoms with E-state index in [1.165, 1.54) is 16.7 Å². The van der Waals surface area contributed by atoms with E-state index in [9.17, 15) is 14.0 Å². The number of aromatic nitrogens is 3. The van der Waals surface area contributed by atoms with Crippen LogP contribution in [-0.4, -0.2) is 39.5 Å². The summed E-state index contributed by atoms with van der Waals surface area (Å²) < 4.78 is 23.0. The average molecular weight is 461 g/mol. The van der Waals surface area contributed by atoms with Gasteiger partial charge in [-0.05, 0) is 66.3 Å². The zero-order valence-corrected chi connectivity index (χ0v) is 18.8. The van der Waals surface area contributed by atoms with Gasteiger partial charge in [0.25, 0.3) is 11.5 Å². The average Bonchev–Trinajstić information content (AvgIpc) is 3.27. The molecule has 0 spiro atoms. The van der Waals surface area contributed by atoms with Crippen molar-refractivity contribution in [1.29, 1.82) is 0 Å². The zero-order valence-electron chi connectivity index (χ0n) is 18.8. The SMILES string of the molecule is Cn1nccc1-c1ccc2c(=O)n(Cc3cc(F)cc(C(=O)NC4CCOCC4)c3)ccc2c1. The molecule has 0 unspecified atom stereocenters. The van der Waals surface area contributed by atoms with Crippen LogP contribution in [0.2, 0.25) is 0 Å². The van der Waals surface area contributed by atoms with E-state index in [2.05, 4.69) is 10.4 Å². The van der Waals surface area contributed by atoms with E-state index in [4.69, 9.17) is 4.74 Å².